The number of carboxylic acids is 1. The summed E-state index contributed by atoms with van der Waals surface area (Å²) >= 11 is 11.4. The van der Waals surface area contributed by atoms with Crippen LogP contribution in [-0.4, -0.2) is 20.4 Å². The molecule has 0 bridgehead atoms. The van der Waals surface area contributed by atoms with E-state index in [0.29, 0.717) is 14.9 Å². The van der Waals surface area contributed by atoms with E-state index < -0.39 is 5.97 Å². The Morgan fingerprint density at radius 3 is 2.65 bits per heavy atom. The predicted octanol–water partition coefficient (Wildman–Crippen LogP) is 2.67. The summed E-state index contributed by atoms with van der Waals surface area (Å²) in [6.07, 6.45) is 1.74. The van der Waals surface area contributed by atoms with Gasteiger partial charge in [-0.15, -0.1) is 0 Å². The number of hydrogen-bond acceptors (Lipinski definition) is 4. The van der Waals surface area contributed by atoms with E-state index in [1.807, 2.05) is 0 Å². The molecule has 0 atom stereocenters. The molecule has 2 rings (SSSR count). The van der Waals surface area contributed by atoms with E-state index in [1.54, 1.807) is 30.3 Å². The Bertz CT molecular complexity index is 551. The van der Waals surface area contributed by atoms with E-state index in [4.69, 9.17) is 29.5 Å². The Kier molecular flexibility index (Phi) is 3.56. The van der Waals surface area contributed by atoms with Crippen molar-refractivity contribution in [2.24, 2.45) is 0 Å². The minimum absolute atomic E-state index is 0.251. The lowest BCUT2D eigenvalue weighted by Gasteiger charge is -2.01. The average molecular weight is 281 g/mol. The van der Waals surface area contributed by atoms with Gasteiger partial charge in [0.05, 0.1) is 5.56 Å². The third-order valence-corrected chi connectivity index (χ3v) is 3.75. The van der Waals surface area contributed by atoms with Crippen LogP contribution in [0.4, 0.5) is 0 Å². The van der Waals surface area contributed by atoms with Gasteiger partial charge in [0.25, 0.3) is 0 Å². The Balaban J connectivity index is 2.42. The molecule has 1 aromatic carbocycles. The molecule has 0 aliphatic carbocycles. The first-order chi connectivity index (χ1) is 8.08. The monoisotopic (exact) mass is 281 g/mol. The number of benzene rings is 1. The Hall–Kier alpha value is -1.24. The third kappa shape index (κ3) is 2.71. The van der Waals surface area contributed by atoms with E-state index >= 15 is 0 Å². The quantitative estimate of drug-likeness (QED) is 0.642. The van der Waals surface area contributed by atoms with Gasteiger partial charge in [-0.05, 0) is 17.7 Å². The van der Waals surface area contributed by atoms with Crippen molar-refractivity contribution in [3.63, 3.8) is 0 Å². The van der Waals surface area contributed by atoms with E-state index in [0.717, 1.165) is 4.91 Å². The fraction of sp³-hybridized carbons (Fsp3) is 0. The van der Waals surface area contributed by atoms with Crippen LogP contribution in [0.5, 0.6) is 0 Å². The van der Waals surface area contributed by atoms with Crippen LogP contribution in [0.3, 0.4) is 0 Å². The number of thiocarbonyl (C=S) groups is 2. The molecule has 17 heavy (non-hydrogen) atoms. The highest BCUT2D eigenvalue weighted by molar-refractivity contribution is 8.27. The lowest BCUT2D eigenvalue weighted by molar-refractivity contribution is 0.0696. The molecule has 0 amide bonds. The van der Waals surface area contributed by atoms with Gasteiger partial charge in [0, 0.05) is 4.91 Å². The zero-order chi connectivity index (χ0) is 12.4. The molecule has 1 aromatic rings. The molecule has 0 saturated carbocycles. The van der Waals surface area contributed by atoms with Crippen LogP contribution >= 0.6 is 36.2 Å². The molecule has 3 nitrogen and oxygen atoms in total. The molecule has 0 aromatic heterocycles. The fourth-order valence-corrected chi connectivity index (χ4v) is 2.85. The van der Waals surface area contributed by atoms with Crippen LogP contribution in [0.25, 0.3) is 6.08 Å². The molecule has 6 heteroatoms. The Labute approximate surface area is 113 Å². The third-order valence-electron chi connectivity index (χ3n) is 2.12. The van der Waals surface area contributed by atoms with E-state index in [1.165, 1.54) is 11.8 Å². The minimum Gasteiger partial charge on any atom is -0.478 e. The lowest BCUT2D eigenvalue weighted by atomic mass is 10.1. The van der Waals surface area contributed by atoms with Gasteiger partial charge in [0.15, 0.2) is 0 Å². The number of aromatic carboxylic acids is 1. The van der Waals surface area contributed by atoms with Crippen LogP contribution in [0.1, 0.15) is 15.9 Å². The number of hydrogen-bond donors (Lipinski definition) is 2. The zero-order valence-corrected chi connectivity index (χ0v) is 10.9. The second kappa shape index (κ2) is 4.95. The first kappa shape index (κ1) is 12.2. The molecule has 1 aliphatic heterocycles. The number of carbonyl (C=O) groups is 1. The number of carboxylic acid groups (broad SMARTS) is 1. The van der Waals surface area contributed by atoms with Crippen molar-refractivity contribution in [3.05, 3.63) is 40.3 Å². The second-order valence-corrected chi connectivity index (χ2v) is 5.37. The molecule has 1 aliphatic rings. The molecule has 0 radical (unpaired) electrons. The van der Waals surface area contributed by atoms with Gasteiger partial charge >= 0.3 is 5.97 Å². The molecule has 1 saturated heterocycles. The summed E-state index contributed by atoms with van der Waals surface area (Å²) in [6.45, 7) is 0. The normalized spacial score (nSPS) is 17.3. The van der Waals surface area contributed by atoms with Gasteiger partial charge in [-0.2, -0.15) is 0 Å². The molecular weight excluding hydrogens is 274 g/mol. The number of nitrogens with one attached hydrogen (secondary N) is 1. The fourth-order valence-electron chi connectivity index (χ4n) is 1.38. The standard InChI is InChI=1S/C11H7NO2S3/c13-10(14)7-4-2-1-3-6(7)5-8-9(15)12-11(16)17-8/h1-5H,(H,13,14)(H,12,15,16)/b8-5+. The molecule has 1 heterocycles. The van der Waals surface area contributed by atoms with Gasteiger partial charge in [-0.3, -0.25) is 0 Å². The van der Waals surface area contributed by atoms with E-state index in [9.17, 15) is 4.79 Å². The maximum absolute atomic E-state index is 11.0. The SMILES string of the molecule is O=C(O)c1ccccc1/C=C1/SC(=S)NC1=S. The summed E-state index contributed by atoms with van der Waals surface area (Å²) in [5, 5.41) is 11.9. The van der Waals surface area contributed by atoms with Crippen molar-refractivity contribution < 1.29 is 9.90 Å². The van der Waals surface area contributed by atoms with Gasteiger partial charge in [-0.25, -0.2) is 4.79 Å². The summed E-state index contributed by atoms with van der Waals surface area (Å²) in [7, 11) is 0. The van der Waals surface area contributed by atoms with Crippen molar-refractivity contribution in [2.75, 3.05) is 0 Å². The predicted molar refractivity (Wildman–Crippen MR) is 77.3 cm³/mol. The highest BCUT2D eigenvalue weighted by Gasteiger charge is 2.19. The van der Waals surface area contributed by atoms with Crippen LogP contribution in [0.2, 0.25) is 0 Å². The first-order valence-electron chi connectivity index (χ1n) is 4.65. The summed E-state index contributed by atoms with van der Waals surface area (Å²) in [4.78, 5) is 12.3. The lowest BCUT2D eigenvalue weighted by Crippen LogP contribution is -2.15. The van der Waals surface area contributed by atoms with Crippen LogP contribution in [-0.2, 0) is 0 Å². The van der Waals surface area contributed by atoms with Crippen molar-refractivity contribution in [1.29, 1.82) is 0 Å². The highest BCUT2D eigenvalue weighted by Crippen LogP contribution is 2.27. The summed E-state index contributed by atoms with van der Waals surface area (Å²) < 4.78 is 0.592. The maximum atomic E-state index is 11.0. The van der Waals surface area contributed by atoms with Gasteiger partial charge < -0.3 is 10.4 Å². The zero-order valence-electron chi connectivity index (χ0n) is 8.47. The maximum Gasteiger partial charge on any atom is 0.336 e. The second-order valence-electron chi connectivity index (χ2n) is 3.24. The van der Waals surface area contributed by atoms with Crippen molar-refractivity contribution >= 4 is 57.6 Å². The van der Waals surface area contributed by atoms with Crippen LogP contribution < -0.4 is 5.32 Å². The Morgan fingerprint density at radius 1 is 1.35 bits per heavy atom. The van der Waals surface area contributed by atoms with E-state index in [-0.39, 0.29) is 5.56 Å². The van der Waals surface area contributed by atoms with Crippen molar-refractivity contribution in [2.45, 2.75) is 0 Å². The molecule has 2 N–H and O–H groups in total. The number of thioether (sulfide) groups is 1. The molecular formula is C11H7NO2S3. The van der Waals surface area contributed by atoms with Crippen LogP contribution in [0, 0.1) is 0 Å². The number of rotatable bonds is 2. The summed E-state index contributed by atoms with van der Waals surface area (Å²) in [6, 6.07) is 6.77. The van der Waals surface area contributed by atoms with Gasteiger partial charge in [0.2, 0.25) is 0 Å². The average Bonchev–Trinajstić information content (AvgIpc) is 2.58. The minimum atomic E-state index is -0.957. The van der Waals surface area contributed by atoms with Crippen LogP contribution in [0.15, 0.2) is 29.2 Å². The first-order valence-corrected chi connectivity index (χ1v) is 6.28. The topological polar surface area (TPSA) is 49.3 Å². The van der Waals surface area contributed by atoms with E-state index in [2.05, 4.69) is 5.32 Å². The Morgan fingerprint density at radius 2 is 2.06 bits per heavy atom. The van der Waals surface area contributed by atoms with Crippen molar-refractivity contribution in [1.82, 2.24) is 5.32 Å². The molecule has 86 valence electrons. The van der Waals surface area contributed by atoms with Crippen molar-refractivity contribution in [3.8, 4) is 0 Å². The highest BCUT2D eigenvalue weighted by atomic mass is 32.2. The summed E-state index contributed by atoms with van der Waals surface area (Å²) in [5.74, 6) is -0.957. The largest absolute Gasteiger partial charge is 0.478 e. The van der Waals surface area contributed by atoms with Gasteiger partial charge in [0.1, 0.15) is 9.31 Å². The molecule has 0 spiro atoms. The molecule has 0 unspecified atom stereocenters. The smallest absolute Gasteiger partial charge is 0.336 e. The van der Waals surface area contributed by atoms with Gasteiger partial charge in [-0.1, -0.05) is 54.4 Å². The summed E-state index contributed by atoms with van der Waals surface area (Å²) in [5.41, 5.74) is 0.873. The molecule has 1 fully saturated rings.